The maximum absolute atomic E-state index is 12.1. The summed E-state index contributed by atoms with van der Waals surface area (Å²) >= 11 is 0. The summed E-state index contributed by atoms with van der Waals surface area (Å²) in [4.78, 5) is 15.4. The Morgan fingerprint density at radius 3 is 3.10 bits per heavy atom. The maximum Gasteiger partial charge on any atom is 0.309 e. The molecule has 2 aromatic rings. The first kappa shape index (κ1) is 13.7. The average Bonchev–Trinajstić information content (AvgIpc) is 3.12. The minimum atomic E-state index is -0.0919. The van der Waals surface area contributed by atoms with Crippen molar-refractivity contribution in [2.24, 2.45) is 5.92 Å². The fourth-order valence-corrected chi connectivity index (χ4v) is 3.38. The number of nitriles is 1. The Morgan fingerprint density at radius 1 is 1.48 bits per heavy atom. The molecule has 1 aliphatic carbocycles. The van der Waals surface area contributed by atoms with Gasteiger partial charge in [0.05, 0.1) is 24.2 Å². The number of H-pyrrole nitrogens is 1. The van der Waals surface area contributed by atoms with Gasteiger partial charge in [0, 0.05) is 17.1 Å². The van der Waals surface area contributed by atoms with Crippen LogP contribution in [0, 0.1) is 17.2 Å². The van der Waals surface area contributed by atoms with E-state index in [4.69, 9.17) is 10.00 Å². The second kappa shape index (κ2) is 5.61. The van der Waals surface area contributed by atoms with Gasteiger partial charge in [0.15, 0.2) is 0 Å². The van der Waals surface area contributed by atoms with Crippen molar-refractivity contribution < 1.29 is 9.53 Å². The molecule has 0 amide bonds. The number of nitrogens with one attached hydrogen (secondary N) is 1. The Kier molecular flexibility index (Phi) is 3.66. The standard InChI is InChI=1S/C17H18N2O2/c1-2-21-17(20)13-5-3-4-12(13)15-10-19-16-7-6-11(9-18)8-14(15)16/h6-8,10,12-13,19H,2-5H2,1H3/t12-,13+/m0/s1. The molecule has 0 radical (unpaired) electrons. The third-order valence-electron chi connectivity index (χ3n) is 4.35. The van der Waals surface area contributed by atoms with Gasteiger partial charge >= 0.3 is 5.97 Å². The summed E-state index contributed by atoms with van der Waals surface area (Å²) in [7, 11) is 0. The zero-order chi connectivity index (χ0) is 14.8. The van der Waals surface area contributed by atoms with Crippen LogP contribution in [-0.2, 0) is 9.53 Å². The molecule has 4 nitrogen and oxygen atoms in total. The van der Waals surface area contributed by atoms with Crippen LogP contribution in [0.4, 0.5) is 0 Å². The van der Waals surface area contributed by atoms with Crippen molar-refractivity contribution in [2.75, 3.05) is 6.61 Å². The van der Waals surface area contributed by atoms with Crippen molar-refractivity contribution in [2.45, 2.75) is 32.1 Å². The molecule has 3 rings (SSSR count). The number of aromatic nitrogens is 1. The Hall–Kier alpha value is -2.28. The van der Waals surface area contributed by atoms with Crippen molar-refractivity contribution in [1.29, 1.82) is 5.26 Å². The summed E-state index contributed by atoms with van der Waals surface area (Å²) in [5, 5.41) is 10.1. The van der Waals surface area contributed by atoms with Crippen molar-refractivity contribution in [3.63, 3.8) is 0 Å². The maximum atomic E-state index is 12.1. The number of rotatable bonds is 3. The van der Waals surface area contributed by atoms with Gasteiger partial charge in [-0.15, -0.1) is 0 Å². The van der Waals surface area contributed by atoms with Gasteiger partial charge in [-0.25, -0.2) is 0 Å². The van der Waals surface area contributed by atoms with Gasteiger partial charge in [0.25, 0.3) is 0 Å². The number of hydrogen-bond acceptors (Lipinski definition) is 3. The van der Waals surface area contributed by atoms with E-state index in [9.17, 15) is 4.79 Å². The van der Waals surface area contributed by atoms with Gasteiger partial charge in [-0.3, -0.25) is 4.79 Å². The first-order chi connectivity index (χ1) is 10.2. The number of carbonyl (C=O) groups excluding carboxylic acids is 1. The Balaban J connectivity index is 1.99. The van der Waals surface area contributed by atoms with Crippen LogP contribution in [0.25, 0.3) is 10.9 Å². The number of fused-ring (bicyclic) bond motifs is 1. The second-order valence-electron chi connectivity index (χ2n) is 5.51. The summed E-state index contributed by atoms with van der Waals surface area (Å²) in [6, 6.07) is 7.81. The van der Waals surface area contributed by atoms with Crippen molar-refractivity contribution in [3.8, 4) is 6.07 Å². The van der Waals surface area contributed by atoms with E-state index in [2.05, 4.69) is 11.1 Å². The van der Waals surface area contributed by atoms with Crippen molar-refractivity contribution in [1.82, 2.24) is 4.98 Å². The normalized spacial score (nSPS) is 21.3. The number of benzene rings is 1. The molecular weight excluding hydrogens is 264 g/mol. The summed E-state index contributed by atoms with van der Waals surface area (Å²) in [6.45, 7) is 2.27. The van der Waals surface area contributed by atoms with Crippen molar-refractivity contribution >= 4 is 16.9 Å². The number of nitrogens with zero attached hydrogens (tertiary/aromatic N) is 1. The molecule has 1 fully saturated rings. The first-order valence-corrected chi connectivity index (χ1v) is 7.42. The molecule has 0 spiro atoms. The van der Waals surface area contributed by atoms with Gasteiger partial charge in [0.1, 0.15) is 0 Å². The van der Waals surface area contributed by atoms with Crippen LogP contribution in [0.2, 0.25) is 0 Å². The molecule has 2 atom stereocenters. The van der Waals surface area contributed by atoms with Crippen LogP contribution in [0.15, 0.2) is 24.4 Å². The molecule has 1 aliphatic rings. The molecule has 0 unspecified atom stereocenters. The zero-order valence-corrected chi connectivity index (χ0v) is 12.1. The minimum Gasteiger partial charge on any atom is -0.466 e. The molecule has 0 saturated heterocycles. The Morgan fingerprint density at radius 2 is 2.33 bits per heavy atom. The fourth-order valence-electron chi connectivity index (χ4n) is 3.38. The summed E-state index contributed by atoms with van der Waals surface area (Å²) in [5.74, 6) is 0.0345. The van der Waals surface area contributed by atoms with Gasteiger partial charge in [-0.1, -0.05) is 6.42 Å². The number of aromatic amines is 1. The van der Waals surface area contributed by atoms with Gasteiger partial charge in [0.2, 0.25) is 0 Å². The molecule has 4 heteroatoms. The molecule has 0 bridgehead atoms. The highest BCUT2D eigenvalue weighted by Crippen LogP contribution is 2.42. The fraction of sp³-hybridized carbons (Fsp3) is 0.412. The van der Waals surface area contributed by atoms with E-state index >= 15 is 0 Å². The Bertz CT molecular complexity index is 711. The van der Waals surface area contributed by atoms with Crippen LogP contribution in [-0.4, -0.2) is 17.6 Å². The summed E-state index contributed by atoms with van der Waals surface area (Å²) in [6.07, 6.45) is 4.90. The second-order valence-corrected chi connectivity index (χ2v) is 5.51. The quantitative estimate of drug-likeness (QED) is 0.876. The van der Waals surface area contributed by atoms with E-state index in [-0.39, 0.29) is 17.8 Å². The highest BCUT2D eigenvalue weighted by atomic mass is 16.5. The van der Waals surface area contributed by atoms with Gasteiger partial charge in [-0.05, 0) is 49.4 Å². The van der Waals surface area contributed by atoms with E-state index in [1.54, 1.807) is 6.07 Å². The lowest BCUT2D eigenvalue weighted by Crippen LogP contribution is -2.20. The average molecular weight is 282 g/mol. The third-order valence-corrected chi connectivity index (χ3v) is 4.35. The van der Waals surface area contributed by atoms with Crippen LogP contribution in [0.1, 0.15) is 43.2 Å². The predicted octanol–water partition coefficient (Wildman–Crippen LogP) is 3.49. The SMILES string of the molecule is CCOC(=O)[C@@H]1CCC[C@@H]1c1c[nH]c2ccc(C#N)cc12. The lowest BCUT2D eigenvalue weighted by Gasteiger charge is -2.17. The number of carbonyl (C=O) groups is 1. The highest BCUT2D eigenvalue weighted by Gasteiger charge is 2.36. The van der Waals surface area contributed by atoms with Gasteiger partial charge in [-0.2, -0.15) is 5.26 Å². The van der Waals surface area contributed by atoms with Crippen LogP contribution in [0.5, 0.6) is 0 Å². The van der Waals surface area contributed by atoms with Crippen LogP contribution in [0.3, 0.4) is 0 Å². The predicted molar refractivity (Wildman–Crippen MR) is 79.7 cm³/mol. The van der Waals surface area contributed by atoms with E-state index < -0.39 is 0 Å². The molecule has 1 aromatic heterocycles. The Labute approximate surface area is 123 Å². The molecular formula is C17H18N2O2. The molecule has 1 N–H and O–H groups in total. The monoisotopic (exact) mass is 282 g/mol. The highest BCUT2D eigenvalue weighted by molar-refractivity contribution is 5.86. The van der Waals surface area contributed by atoms with E-state index in [1.807, 2.05) is 25.3 Å². The molecule has 1 heterocycles. The first-order valence-electron chi connectivity index (χ1n) is 7.42. The van der Waals surface area contributed by atoms with Crippen LogP contribution >= 0.6 is 0 Å². The molecule has 108 valence electrons. The van der Waals surface area contributed by atoms with Crippen LogP contribution < -0.4 is 0 Å². The topological polar surface area (TPSA) is 65.9 Å². The van der Waals surface area contributed by atoms with Crippen molar-refractivity contribution in [3.05, 3.63) is 35.5 Å². The van der Waals surface area contributed by atoms with E-state index in [0.717, 1.165) is 35.7 Å². The minimum absolute atomic E-state index is 0.0605. The number of hydrogen-bond donors (Lipinski definition) is 1. The molecule has 1 aromatic carbocycles. The van der Waals surface area contributed by atoms with Gasteiger partial charge < -0.3 is 9.72 Å². The molecule has 0 aliphatic heterocycles. The number of esters is 1. The van der Waals surface area contributed by atoms with E-state index in [0.29, 0.717) is 12.2 Å². The smallest absolute Gasteiger partial charge is 0.309 e. The largest absolute Gasteiger partial charge is 0.466 e. The summed E-state index contributed by atoms with van der Waals surface area (Å²) < 4.78 is 5.21. The lowest BCUT2D eigenvalue weighted by molar-refractivity contribution is -0.148. The number of ether oxygens (including phenoxy) is 1. The van der Waals surface area contributed by atoms with E-state index in [1.165, 1.54) is 0 Å². The molecule has 21 heavy (non-hydrogen) atoms. The summed E-state index contributed by atoms with van der Waals surface area (Å²) in [5.41, 5.74) is 2.80. The third kappa shape index (κ3) is 2.40. The zero-order valence-electron chi connectivity index (χ0n) is 12.1. The molecule has 1 saturated carbocycles. The lowest BCUT2D eigenvalue weighted by atomic mass is 9.88.